The van der Waals surface area contributed by atoms with Crippen LogP contribution in [0.15, 0.2) is 84.0 Å². The summed E-state index contributed by atoms with van der Waals surface area (Å²) in [6.45, 7) is 3.56. The van der Waals surface area contributed by atoms with Crippen LogP contribution in [0.1, 0.15) is 29.3 Å². The lowest BCUT2D eigenvalue weighted by Crippen LogP contribution is -2.05. The number of nitrogens with zero attached hydrogens (tertiary/aromatic N) is 2. The van der Waals surface area contributed by atoms with Crippen LogP contribution in [0.2, 0.25) is 0 Å². The lowest BCUT2D eigenvalue weighted by molar-refractivity contribution is -0.137. The van der Waals surface area contributed by atoms with Crippen molar-refractivity contribution in [3.8, 4) is 22.7 Å². The third-order valence-corrected chi connectivity index (χ3v) is 5.79. The molecule has 0 atom stereocenters. The number of rotatable bonds is 7. The molecule has 0 aliphatic heterocycles. The fourth-order valence-electron chi connectivity index (χ4n) is 4.02. The lowest BCUT2D eigenvalue weighted by Gasteiger charge is -2.15. The second kappa shape index (κ2) is 10.3. The first-order valence-electron chi connectivity index (χ1n) is 11.1. The minimum atomic E-state index is -4.43. The molecule has 0 amide bonds. The first-order chi connectivity index (χ1) is 17.2. The van der Waals surface area contributed by atoms with Crippen molar-refractivity contribution in [3.63, 3.8) is 0 Å². The molecule has 0 N–H and O–H groups in total. The predicted octanol–water partition coefficient (Wildman–Crippen LogP) is 7.56. The number of hydrogen-bond acceptors (Lipinski definition) is 3. The van der Waals surface area contributed by atoms with Gasteiger partial charge in [0.2, 0.25) is 0 Å². The van der Waals surface area contributed by atoms with Gasteiger partial charge < -0.3 is 14.1 Å². The number of aromatic nitrogens is 1. The summed E-state index contributed by atoms with van der Waals surface area (Å²) in [5, 5.41) is 4.17. The Morgan fingerprint density at radius 1 is 0.944 bits per heavy atom. The van der Waals surface area contributed by atoms with E-state index in [1.807, 2.05) is 41.8 Å². The molecule has 0 unspecified atom stereocenters. The quantitative estimate of drug-likeness (QED) is 0.150. The monoisotopic (exact) mass is 496 g/mol. The molecule has 186 valence electrons. The van der Waals surface area contributed by atoms with Gasteiger partial charge in [-0.05, 0) is 79.6 Å². The zero-order chi connectivity index (χ0) is 25.9. The second-order valence-electron chi connectivity index (χ2n) is 8.19. The third-order valence-electron chi connectivity index (χ3n) is 5.79. The van der Waals surface area contributed by atoms with Crippen LogP contribution in [0.5, 0.6) is 5.75 Å². The number of ether oxygens (including phenoxy) is 1. The molecular weight excluding hydrogens is 472 g/mol. The Morgan fingerprint density at radius 3 is 2.36 bits per heavy atom. The summed E-state index contributed by atoms with van der Waals surface area (Å²) in [5.74, 6) is 0.313. The van der Waals surface area contributed by atoms with E-state index in [9.17, 15) is 17.6 Å². The molecule has 1 heterocycles. The van der Waals surface area contributed by atoms with Crippen molar-refractivity contribution in [3.05, 3.63) is 107 Å². The number of benzene rings is 3. The number of halogens is 4. The van der Waals surface area contributed by atoms with Crippen molar-refractivity contribution in [2.24, 2.45) is 5.16 Å². The van der Waals surface area contributed by atoms with E-state index in [0.717, 1.165) is 40.3 Å². The smallest absolute Gasteiger partial charge is 0.416 e. The summed E-state index contributed by atoms with van der Waals surface area (Å²) < 4.78 is 60.1. The van der Waals surface area contributed by atoms with Gasteiger partial charge in [-0.3, -0.25) is 0 Å². The molecule has 4 aromatic rings. The Hall–Kier alpha value is -4.07. The third kappa shape index (κ3) is 5.27. The van der Waals surface area contributed by atoms with E-state index in [4.69, 9.17) is 9.57 Å². The molecular formula is C28H24F4N2O2. The van der Waals surface area contributed by atoms with Crippen LogP contribution >= 0.6 is 0 Å². The fourth-order valence-corrected chi connectivity index (χ4v) is 4.02. The SMILES string of the molecule is COc1ccccc1-n1c(-c2ccc(F)cc2)cc(/C(C)=N\OCc2cccc(C(F)(F)F)c2)c1C. The van der Waals surface area contributed by atoms with Crippen LogP contribution in [0.4, 0.5) is 17.6 Å². The van der Waals surface area contributed by atoms with E-state index in [1.165, 1.54) is 18.2 Å². The van der Waals surface area contributed by atoms with Crippen molar-refractivity contribution < 1.29 is 27.1 Å². The summed E-state index contributed by atoms with van der Waals surface area (Å²) in [4.78, 5) is 5.42. The van der Waals surface area contributed by atoms with E-state index in [2.05, 4.69) is 5.16 Å². The Labute approximate surface area is 206 Å². The van der Waals surface area contributed by atoms with Crippen molar-refractivity contribution in [2.75, 3.05) is 7.11 Å². The number of hydrogen-bond donors (Lipinski definition) is 0. The van der Waals surface area contributed by atoms with Gasteiger partial charge in [0.15, 0.2) is 0 Å². The topological polar surface area (TPSA) is 35.8 Å². The van der Waals surface area contributed by atoms with Crippen LogP contribution < -0.4 is 4.74 Å². The van der Waals surface area contributed by atoms with Crippen molar-refractivity contribution in [2.45, 2.75) is 26.6 Å². The van der Waals surface area contributed by atoms with Gasteiger partial charge in [0.1, 0.15) is 18.2 Å². The number of para-hydroxylation sites is 2. The highest BCUT2D eigenvalue weighted by Gasteiger charge is 2.30. The zero-order valence-electron chi connectivity index (χ0n) is 19.9. The minimum Gasteiger partial charge on any atom is -0.495 e. The normalized spacial score (nSPS) is 12.0. The average molecular weight is 497 g/mol. The van der Waals surface area contributed by atoms with Crippen LogP contribution in [0.25, 0.3) is 16.9 Å². The van der Waals surface area contributed by atoms with Crippen molar-refractivity contribution in [1.82, 2.24) is 4.57 Å². The predicted molar refractivity (Wildman–Crippen MR) is 131 cm³/mol. The minimum absolute atomic E-state index is 0.113. The standard InChI is InChI=1S/C28H24F4N2O2/c1-18(33-36-17-20-7-6-8-22(15-20)28(30,31)32)24-16-26(21-11-13-23(29)14-12-21)34(19(24)2)25-9-4-5-10-27(25)35-3/h4-16H,17H2,1-3H3/b33-18-. The summed E-state index contributed by atoms with van der Waals surface area (Å²) in [7, 11) is 1.59. The molecule has 0 aliphatic rings. The molecule has 0 saturated carbocycles. The van der Waals surface area contributed by atoms with Crippen LogP contribution in [-0.4, -0.2) is 17.4 Å². The van der Waals surface area contributed by atoms with E-state index < -0.39 is 11.7 Å². The Morgan fingerprint density at radius 2 is 1.67 bits per heavy atom. The Balaban J connectivity index is 1.70. The molecule has 8 heteroatoms. The molecule has 36 heavy (non-hydrogen) atoms. The summed E-state index contributed by atoms with van der Waals surface area (Å²) in [5.41, 5.74) is 4.13. The van der Waals surface area contributed by atoms with Gasteiger partial charge in [-0.15, -0.1) is 0 Å². The van der Waals surface area contributed by atoms with Gasteiger partial charge in [-0.2, -0.15) is 13.2 Å². The van der Waals surface area contributed by atoms with Crippen molar-refractivity contribution >= 4 is 5.71 Å². The highest BCUT2D eigenvalue weighted by atomic mass is 19.4. The van der Waals surface area contributed by atoms with E-state index in [0.29, 0.717) is 17.0 Å². The molecule has 0 radical (unpaired) electrons. The summed E-state index contributed by atoms with van der Waals surface area (Å²) >= 11 is 0. The molecule has 1 aromatic heterocycles. The van der Waals surface area contributed by atoms with E-state index in [1.54, 1.807) is 32.2 Å². The Kier molecular flexibility index (Phi) is 7.15. The van der Waals surface area contributed by atoms with Crippen LogP contribution in [-0.2, 0) is 17.6 Å². The maximum absolute atomic E-state index is 13.6. The highest BCUT2D eigenvalue weighted by molar-refractivity contribution is 6.01. The van der Waals surface area contributed by atoms with Crippen LogP contribution in [0, 0.1) is 12.7 Å². The molecule has 0 saturated heterocycles. The molecule has 0 fully saturated rings. The van der Waals surface area contributed by atoms with Gasteiger partial charge in [-0.1, -0.05) is 29.4 Å². The highest BCUT2D eigenvalue weighted by Crippen LogP contribution is 2.34. The zero-order valence-corrected chi connectivity index (χ0v) is 19.9. The van der Waals surface area contributed by atoms with Gasteiger partial charge >= 0.3 is 6.18 Å². The van der Waals surface area contributed by atoms with Crippen LogP contribution in [0.3, 0.4) is 0 Å². The molecule has 0 spiro atoms. The fraction of sp³-hybridized carbons (Fsp3) is 0.179. The maximum Gasteiger partial charge on any atom is 0.416 e. The number of alkyl halides is 3. The lowest BCUT2D eigenvalue weighted by atomic mass is 10.1. The van der Waals surface area contributed by atoms with Gasteiger partial charge in [0, 0.05) is 11.3 Å². The molecule has 4 nitrogen and oxygen atoms in total. The van der Waals surface area contributed by atoms with Crippen molar-refractivity contribution in [1.29, 1.82) is 0 Å². The molecule has 3 aromatic carbocycles. The van der Waals surface area contributed by atoms with E-state index in [-0.39, 0.29) is 12.4 Å². The van der Waals surface area contributed by atoms with Gasteiger partial charge in [0.25, 0.3) is 0 Å². The summed E-state index contributed by atoms with van der Waals surface area (Å²) in [6, 6.07) is 20.6. The average Bonchev–Trinajstić information content (AvgIpc) is 3.21. The number of oxime groups is 1. The first kappa shape index (κ1) is 25.0. The number of methoxy groups -OCH3 is 1. The molecule has 0 bridgehead atoms. The van der Waals surface area contributed by atoms with Gasteiger partial charge in [0.05, 0.1) is 29.8 Å². The molecule has 4 rings (SSSR count). The first-order valence-corrected chi connectivity index (χ1v) is 11.1. The molecule has 0 aliphatic carbocycles. The summed E-state index contributed by atoms with van der Waals surface area (Å²) in [6.07, 6.45) is -4.43. The largest absolute Gasteiger partial charge is 0.495 e. The van der Waals surface area contributed by atoms with Gasteiger partial charge in [-0.25, -0.2) is 4.39 Å². The maximum atomic E-state index is 13.6. The Bertz CT molecular complexity index is 1390. The van der Waals surface area contributed by atoms with E-state index >= 15 is 0 Å². The second-order valence-corrected chi connectivity index (χ2v) is 8.19.